The zero-order chi connectivity index (χ0) is 27.4. The number of nitrogens with two attached hydrogens (primary N) is 1. The smallest absolute Gasteiger partial charge is 0.257 e. The highest BCUT2D eigenvalue weighted by molar-refractivity contribution is 6.10. The van der Waals surface area contributed by atoms with Crippen LogP contribution in [-0.2, 0) is 20.6 Å². The predicted molar refractivity (Wildman–Crippen MR) is 141 cm³/mol. The van der Waals surface area contributed by atoms with Crippen molar-refractivity contribution in [3.05, 3.63) is 76.5 Å². The van der Waals surface area contributed by atoms with Gasteiger partial charge in [0, 0.05) is 43.4 Å². The highest BCUT2D eigenvalue weighted by atomic mass is 19.1. The molecule has 5 aromatic rings. The summed E-state index contributed by atoms with van der Waals surface area (Å²) in [6.45, 7) is 1.80. The topological polar surface area (TPSA) is 108 Å². The van der Waals surface area contributed by atoms with Gasteiger partial charge in [-0.05, 0) is 31.9 Å². The number of nitrogens with zero attached hydrogens (tertiary/aromatic N) is 7. The van der Waals surface area contributed by atoms with E-state index in [9.17, 15) is 4.79 Å². The van der Waals surface area contributed by atoms with Gasteiger partial charge in [0.25, 0.3) is 5.91 Å². The molecule has 1 saturated carbocycles. The minimum absolute atomic E-state index is 0.0861. The Hall–Kier alpha value is -4.85. The van der Waals surface area contributed by atoms with Crippen molar-refractivity contribution in [3.63, 3.8) is 0 Å². The lowest BCUT2D eigenvalue weighted by atomic mass is 10.1. The van der Waals surface area contributed by atoms with Gasteiger partial charge in [0.2, 0.25) is 0 Å². The van der Waals surface area contributed by atoms with Gasteiger partial charge in [-0.3, -0.25) is 19.1 Å². The molecule has 1 aliphatic rings. The summed E-state index contributed by atoms with van der Waals surface area (Å²) in [6, 6.07) is 3.85. The average molecular weight is 527 g/mol. The quantitative estimate of drug-likeness (QED) is 0.359. The Morgan fingerprint density at radius 3 is 2.51 bits per heavy atom. The molecule has 39 heavy (non-hydrogen) atoms. The van der Waals surface area contributed by atoms with E-state index in [0.717, 1.165) is 24.1 Å². The van der Waals surface area contributed by atoms with Crippen LogP contribution in [0.2, 0.25) is 0 Å². The van der Waals surface area contributed by atoms with E-state index in [0.29, 0.717) is 27.4 Å². The number of amides is 1. The van der Waals surface area contributed by atoms with Crippen LogP contribution in [-0.4, -0.2) is 46.4 Å². The van der Waals surface area contributed by atoms with Gasteiger partial charge < -0.3 is 10.6 Å². The zero-order valence-electron chi connectivity index (χ0n) is 21.5. The number of pyridine rings is 2. The van der Waals surface area contributed by atoms with E-state index in [1.807, 2.05) is 14.0 Å². The van der Waals surface area contributed by atoms with Gasteiger partial charge in [-0.15, -0.1) is 0 Å². The van der Waals surface area contributed by atoms with E-state index < -0.39 is 17.5 Å². The molecular formula is C28H24F2N8O. The number of halogens is 2. The first-order chi connectivity index (χ1) is 18.7. The summed E-state index contributed by atoms with van der Waals surface area (Å²) >= 11 is 0. The fourth-order valence-electron chi connectivity index (χ4n) is 4.62. The summed E-state index contributed by atoms with van der Waals surface area (Å²) < 4.78 is 33.6. The molecule has 0 bridgehead atoms. The van der Waals surface area contributed by atoms with Crippen LogP contribution < -0.4 is 5.73 Å². The maximum absolute atomic E-state index is 15.2. The number of benzene rings is 1. The Morgan fingerprint density at radius 2 is 1.82 bits per heavy atom. The van der Waals surface area contributed by atoms with Crippen molar-refractivity contribution < 1.29 is 13.6 Å². The molecule has 1 aromatic carbocycles. The second kappa shape index (κ2) is 9.16. The standard InChI is InChI=1S/C28H24F2N8O/c1-15-17(12-33-36(15)2)5-4-16-8-23(30)25(32-11-16)14-38(18-6-7-18)28(39)19-9-20-24(10-22(19)29)35-27(31)21-13-34-37(3)26(20)21/h8-13,18H,6-7,14H2,1-3H3,(H2,31,35). The first-order valence-electron chi connectivity index (χ1n) is 12.4. The third-order valence-corrected chi connectivity index (χ3v) is 7.09. The number of carbonyl (C=O) groups is 1. The first-order valence-corrected chi connectivity index (χ1v) is 12.4. The van der Waals surface area contributed by atoms with Crippen molar-refractivity contribution in [1.29, 1.82) is 0 Å². The van der Waals surface area contributed by atoms with Crippen molar-refractivity contribution in [3.8, 4) is 11.8 Å². The number of nitrogen functional groups attached to an aromatic ring is 1. The van der Waals surface area contributed by atoms with Gasteiger partial charge >= 0.3 is 0 Å². The van der Waals surface area contributed by atoms with Gasteiger partial charge in [0.15, 0.2) is 0 Å². The number of aryl methyl sites for hydroxylation is 2. The van der Waals surface area contributed by atoms with Crippen LogP contribution in [0.4, 0.5) is 14.6 Å². The number of carbonyl (C=O) groups excluding carboxylic acids is 1. The highest BCUT2D eigenvalue weighted by Gasteiger charge is 2.35. The Balaban J connectivity index is 1.32. The van der Waals surface area contributed by atoms with Crippen LogP contribution in [0.5, 0.6) is 0 Å². The molecule has 1 amide bonds. The van der Waals surface area contributed by atoms with E-state index in [2.05, 4.69) is 32.0 Å². The summed E-state index contributed by atoms with van der Waals surface area (Å²) in [6.07, 6.45) is 6.20. The molecule has 0 radical (unpaired) electrons. The van der Waals surface area contributed by atoms with Crippen LogP contribution in [0.1, 0.15) is 45.7 Å². The molecule has 1 aliphatic carbocycles. The van der Waals surface area contributed by atoms with Gasteiger partial charge in [-0.25, -0.2) is 13.8 Å². The van der Waals surface area contributed by atoms with E-state index >= 15 is 8.78 Å². The Labute approximate surface area is 222 Å². The molecule has 9 nitrogen and oxygen atoms in total. The van der Waals surface area contributed by atoms with Gasteiger partial charge in [0.05, 0.1) is 57.9 Å². The summed E-state index contributed by atoms with van der Waals surface area (Å²) in [5.41, 5.74) is 9.00. The Kier molecular flexibility index (Phi) is 5.75. The van der Waals surface area contributed by atoms with E-state index in [-0.39, 0.29) is 29.7 Å². The van der Waals surface area contributed by atoms with E-state index in [4.69, 9.17) is 5.73 Å². The van der Waals surface area contributed by atoms with Crippen LogP contribution in [0.15, 0.2) is 36.8 Å². The molecule has 0 aliphatic heterocycles. The molecule has 0 saturated heterocycles. The minimum Gasteiger partial charge on any atom is -0.383 e. The number of fused-ring (bicyclic) bond motifs is 3. The van der Waals surface area contributed by atoms with Crippen molar-refractivity contribution >= 4 is 33.5 Å². The summed E-state index contributed by atoms with van der Waals surface area (Å²) in [4.78, 5) is 23.6. The molecule has 6 rings (SSSR count). The normalized spacial score (nSPS) is 13.1. The molecular weight excluding hydrogens is 502 g/mol. The van der Waals surface area contributed by atoms with Gasteiger partial charge in [-0.2, -0.15) is 10.2 Å². The summed E-state index contributed by atoms with van der Waals surface area (Å²) in [5.74, 6) is 4.27. The van der Waals surface area contributed by atoms with Crippen LogP contribution in [0.3, 0.4) is 0 Å². The number of hydrogen-bond acceptors (Lipinski definition) is 6. The molecule has 196 valence electrons. The summed E-state index contributed by atoms with van der Waals surface area (Å²) in [5, 5.41) is 9.54. The molecule has 1 fully saturated rings. The van der Waals surface area contributed by atoms with E-state index in [1.165, 1.54) is 29.3 Å². The van der Waals surface area contributed by atoms with Crippen LogP contribution >= 0.6 is 0 Å². The Bertz CT molecular complexity index is 1860. The maximum Gasteiger partial charge on any atom is 0.257 e. The number of hydrogen-bond donors (Lipinski definition) is 1. The molecule has 4 heterocycles. The summed E-state index contributed by atoms with van der Waals surface area (Å²) in [7, 11) is 3.56. The average Bonchev–Trinajstić information content (AvgIpc) is 3.60. The molecule has 4 aromatic heterocycles. The third kappa shape index (κ3) is 4.33. The van der Waals surface area contributed by atoms with Crippen molar-refractivity contribution in [2.75, 3.05) is 5.73 Å². The first kappa shape index (κ1) is 24.5. The predicted octanol–water partition coefficient (Wildman–Crippen LogP) is 3.62. The fraction of sp³-hybridized carbons (Fsp3) is 0.250. The fourth-order valence-corrected chi connectivity index (χ4v) is 4.62. The monoisotopic (exact) mass is 526 g/mol. The number of anilines is 1. The largest absolute Gasteiger partial charge is 0.383 e. The molecule has 0 unspecified atom stereocenters. The lowest BCUT2D eigenvalue weighted by Gasteiger charge is -2.23. The van der Waals surface area contributed by atoms with Crippen molar-refractivity contribution in [2.24, 2.45) is 14.1 Å². The van der Waals surface area contributed by atoms with Gasteiger partial charge in [0.1, 0.15) is 17.5 Å². The second-order valence-electron chi connectivity index (χ2n) is 9.71. The number of rotatable bonds is 4. The highest BCUT2D eigenvalue weighted by Crippen LogP contribution is 2.33. The molecule has 0 spiro atoms. The van der Waals surface area contributed by atoms with Crippen LogP contribution in [0.25, 0.3) is 21.8 Å². The van der Waals surface area contributed by atoms with Crippen molar-refractivity contribution in [2.45, 2.75) is 32.4 Å². The van der Waals surface area contributed by atoms with Crippen molar-refractivity contribution in [1.82, 2.24) is 34.4 Å². The zero-order valence-corrected chi connectivity index (χ0v) is 21.5. The third-order valence-electron chi connectivity index (χ3n) is 7.09. The Morgan fingerprint density at radius 1 is 1.05 bits per heavy atom. The lowest BCUT2D eigenvalue weighted by Crippen LogP contribution is -2.34. The molecule has 11 heteroatoms. The molecule has 0 atom stereocenters. The van der Waals surface area contributed by atoms with Crippen LogP contribution in [0, 0.1) is 30.4 Å². The second-order valence-corrected chi connectivity index (χ2v) is 9.71. The lowest BCUT2D eigenvalue weighted by molar-refractivity contribution is 0.0721. The SMILES string of the molecule is Cc1c(C#Cc2cnc(CN(C(=O)c3cc4c(cc3F)nc(N)c3cnn(C)c34)C3CC3)c(F)c2)cnn1C. The molecule has 2 N–H and O–H groups in total. The minimum atomic E-state index is -0.726. The maximum atomic E-state index is 15.2. The van der Waals surface area contributed by atoms with E-state index in [1.54, 1.807) is 28.8 Å². The number of aromatic nitrogens is 6. The van der Waals surface area contributed by atoms with Gasteiger partial charge in [-0.1, -0.05) is 11.8 Å².